The van der Waals surface area contributed by atoms with Crippen LogP contribution in [-0.2, 0) is 23.9 Å². The van der Waals surface area contributed by atoms with E-state index in [0.717, 1.165) is 0 Å². The van der Waals surface area contributed by atoms with Gasteiger partial charge in [-0.2, -0.15) is 0 Å². The molecule has 6 nitrogen and oxygen atoms in total. The predicted molar refractivity (Wildman–Crippen MR) is 44.1 cm³/mol. The summed E-state index contributed by atoms with van der Waals surface area (Å²) in [6, 6.07) is 0. The van der Waals surface area contributed by atoms with Crippen LogP contribution < -0.4 is 5.32 Å². The SMILES string of the molecule is CC1OC(=O)CNC(=O)CCOC1=O. The van der Waals surface area contributed by atoms with Gasteiger partial charge in [0.25, 0.3) is 0 Å². The summed E-state index contributed by atoms with van der Waals surface area (Å²) in [6.07, 6.45) is -0.858. The molecule has 1 aliphatic heterocycles. The van der Waals surface area contributed by atoms with Crippen molar-refractivity contribution in [1.29, 1.82) is 0 Å². The molecule has 1 unspecified atom stereocenters. The number of amides is 1. The first-order valence-electron chi connectivity index (χ1n) is 4.22. The molecule has 0 aromatic carbocycles. The van der Waals surface area contributed by atoms with E-state index in [0.29, 0.717) is 0 Å². The molecular weight excluding hydrogens is 190 g/mol. The van der Waals surface area contributed by atoms with E-state index in [9.17, 15) is 14.4 Å². The Balaban J connectivity index is 2.57. The topological polar surface area (TPSA) is 81.7 Å². The number of carbonyl (C=O) groups excluding carboxylic acids is 3. The fourth-order valence-electron chi connectivity index (χ4n) is 0.908. The summed E-state index contributed by atoms with van der Waals surface area (Å²) < 4.78 is 9.33. The maximum absolute atomic E-state index is 11.1. The molecule has 1 saturated heterocycles. The number of rotatable bonds is 0. The molecule has 1 rings (SSSR count). The van der Waals surface area contributed by atoms with Crippen molar-refractivity contribution in [3.05, 3.63) is 0 Å². The Bertz CT molecular complexity index is 262. The lowest BCUT2D eigenvalue weighted by molar-refractivity contribution is -0.167. The molecule has 0 radical (unpaired) electrons. The molecule has 14 heavy (non-hydrogen) atoms. The van der Waals surface area contributed by atoms with Gasteiger partial charge in [0.15, 0.2) is 6.10 Å². The van der Waals surface area contributed by atoms with Gasteiger partial charge in [0.2, 0.25) is 5.91 Å². The summed E-state index contributed by atoms with van der Waals surface area (Å²) in [5.74, 6) is -1.62. The van der Waals surface area contributed by atoms with E-state index in [2.05, 4.69) is 14.8 Å². The van der Waals surface area contributed by atoms with Gasteiger partial charge in [-0.05, 0) is 6.92 Å². The Kier molecular flexibility index (Phi) is 3.44. The van der Waals surface area contributed by atoms with Crippen LogP contribution in [0.25, 0.3) is 0 Å². The van der Waals surface area contributed by atoms with Crippen molar-refractivity contribution in [2.45, 2.75) is 19.4 Å². The van der Waals surface area contributed by atoms with Crippen LogP contribution in [0.4, 0.5) is 0 Å². The number of carbonyl (C=O) groups is 3. The van der Waals surface area contributed by atoms with Crippen LogP contribution in [0.15, 0.2) is 0 Å². The number of cyclic esters (lactones) is 2. The zero-order valence-corrected chi connectivity index (χ0v) is 7.74. The molecule has 1 aliphatic rings. The molecule has 0 aliphatic carbocycles. The number of nitrogens with one attached hydrogen (secondary N) is 1. The number of hydrogen-bond acceptors (Lipinski definition) is 5. The van der Waals surface area contributed by atoms with E-state index in [1.165, 1.54) is 6.92 Å². The summed E-state index contributed by atoms with van der Waals surface area (Å²) in [5, 5.41) is 2.33. The molecule has 1 N–H and O–H groups in total. The van der Waals surface area contributed by atoms with Gasteiger partial charge >= 0.3 is 11.9 Å². The summed E-state index contributed by atoms with van der Waals surface area (Å²) in [4.78, 5) is 32.9. The van der Waals surface area contributed by atoms with E-state index in [-0.39, 0.29) is 25.5 Å². The van der Waals surface area contributed by atoms with Gasteiger partial charge in [0, 0.05) is 0 Å². The van der Waals surface area contributed by atoms with Crippen molar-refractivity contribution in [2.24, 2.45) is 0 Å². The van der Waals surface area contributed by atoms with Gasteiger partial charge < -0.3 is 14.8 Å². The van der Waals surface area contributed by atoms with Crippen molar-refractivity contribution in [3.63, 3.8) is 0 Å². The minimum Gasteiger partial charge on any atom is -0.462 e. The highest BCUT2D eigenvalue weighted by molar-refractivity contribution is 5.85. The number of esters is 2. The minimum atomic E-state index is -0.919. The standard InChI is InChI=1S/C8H11NO5/c1-5-8(12)13-3-2-6(10)9-4-7(11)14-5/h5H,2-4H2,1H3,(H,9,10). The van der Waals surface area contributed by atoms with Gasteiger partial charge in [-0.25, -0.2) is 4.79 Å². The van der Waals surface area contributed by atoms with E-state index >= 15 is 0 Å². The summed E-state index contributed by atoms with van der Waals surface area (Å²) in [6.45, 7) is 1.21. The van der Waals surface area contributed by atoms with Crippen LogP contribution in [0.1, 0.15) is 13.3 Å². The first-order chi connectivity index (χ1) is 6.59. The van der Waals surface area contributed by atoms with Gasteiger partial charge in [0.1, 0.15) is 13.2 Å². The zero-order valence-electron chi connectivity index (χ0n) is 7.74. The van der Waals surface area contributed by atoms with E-state index in [1.54, 1.807) is 0 Å². The fourth-order valence-corrected chi connectivity index (χ4v) is 0.908. The Morgan fingerprint density at radius 2 is 2.07 bits per heavy atom. The normalized spacial score (nSPS) is 24.6. The summed E-state index contributed by atoms with van der Waals surface area (Å²) in [7, 11) is 0. The molecule has 0 bridgehead atoms. The molecule has 1 heterocycles. The maximum Gasteiger partial charge on any atom is 0.347 e. The Morgan fingerprint density at radius 3 is 2.79 bits per heavy atom. The maximum atomic E-state index is 11.1. The first kappa shape index (κ1) is 10.5. The molecule has 0 saturated carbocycles. The van der Waals surface area contributed by atoms with Gasteiger partial charge in [-0.15, -0.1) is 0 Å². The molecule has 6 heteroatoms. The molecular formula is C8H11NO5. The molecule has 78 valence electrons. The van der Waals surface area contributed by atoms with Crippen molar-refractivity contribution >= 4 is 17.8 Å². The second kappa shape index (κ2) is 4.59. The van der Waals surface area contributed by atoms with Gasteiger partial charge in [-0.3, -0.25) is 9.59 Å². The summed E-state index contributed by atoms with van der Waals surface area (Å²) >= 11 is 0. The fraction of sp³-hybridized carbons (Fsp3) is 0.625. The largest absolute Gasteiger partial charge is 0.462 e. The van der Waals surface area contributed by atoms with Crippen molar-refractivity contribution in [2.75, 3.05) is 13.2 Å². The van der Waals surface area contributed by atoms with E-state index < -0.39 is 18.0 Å². The molecule has 0 spiro atoms. The molecule has 1 atom stereocenters. The third-order valence-electron chi connectivity index (χ3n) is 1.64. The third kappa shape index (κ3) is 3.04. The van der Waals surface area contributed by atoms with Crippen molar-refractivity contribution in [3.8, 4) is 0 Å². The first-order valence-corrected chi connectivity index (χ1v) is 4.22. The van der Waals surface area contributed by atoms with E-state index in [4.69, 9.17) is 0 Å². The monoisotopic (exact) mass is 201 g/mol. The van der Waals surface area contributed by atoms with Crippen molar-refractivity contribution in [1.82, 2.24) is 5.32 Å². The number of ether oxygens (including phenoxy) is 2. The third-order valence-corrected chi connectivity index (χ3v) is 1.64. The number of hydrogen-bond donors (Lipinski definition) is 1. The lowest BCUT2D eigenvalue weighted by atomic mass is 10.3. The highest BCUT2D eigenvalue weighted by atomic mass is 16.6. The van der Waals surface area contributed by atoms with Crippen LogP contribution in [0.3, 0.4) is 0 Å². The second-order valence-corrected chi connectivity index (χ2v) is 2.83. The Hall–Kier alpha value is -1.59. The Labute approximate surface area is 80.5 Å². The molecule has 1 amide bonds. The smallest absolute Gasteiger partial charge is 0.347 e. The zero-order chi connectivity index (χ0) is 10.6. The van der Waals surface area contributed by atoms with E-state index in [1.807, 2.05) is 0 Å². The average molecular weight is 201 g/mol. The van der Waals surface area contributed by atoms with Gasteiger partial charge in [0.05, 0.1) is 6.42 Å². The highest BCUT2D eigenvalue weighted by Gasteiger charge is 2.21. The Morgan fingerprint density at radius 1 is 1.36 bits per heavy atom. The predicted octanol–water partition coefficient (Wildman–Crippen LogP) is -1.02. The van der Waals surface area contributed by atoms with Crippen LogP contribution in [0, 0.1) is 0 Å². The quantitative estimate of drug-likeness (QED) is 0.507. The van der Waals surface area contributed by atoms with Crippen LogP contribution in [0.2, 0.25) is 0 Å². The lowest BCUT2D eigenvalue weighted by Crippen LogP contribution is -2.37. The van der Waals surface area contributed by atoms with Crippen LogP contribution in [0.5, 0.6) is 0 Å². The average Bonchev–Trinajstić information content (AvgIpc) is 2.13. The molecule has 0 aromatic rings. The lowest BCUT2D eigenvalue weighted by Gasteiger charge is -2.15. The van der Waals surface area contributed by atoms with Crippen molar-refractivity contribution < 1.29 is 23.9 Å². The van der Waals surface area contributed by atoms with Crippen LogP contribution >= 0.6 is 0 Å². The van der Waals surface area contributed by atoms with Gasteiger partial charge in [-0.1, -0.05) is 0 Å². The second-order valence-electron chi connectivity index (χ2n) is 2.83. The minimum absolute atomic E-state index is 0.00651. The molecule has 1 fully saturated rings. The van der Waals surface area contributed by atoms with Crippen LogP contribution in [-0.4, -0.2) is 37.1 Å². The highest BCUT2D eigenvalue weighted by Crippen LogP contribution is 1.98. The summed E-state index contributed by atoms with van der Waals surface area (Å²) in [5.41, 5.74) is 0. The molecule has 0 aromatic heterocycles.